The van der Waals surface area contributed by atoms with Gasteiger partial charge in [-0.15, -0.1) is 0 Å². The number of unbranched alkanes of at least 4 members (excludes halogenated alkanes) is 1. The van der Waals surface area contributed by atoms with Crippen molar-refractivity contribution in [1.82, 2.24) is 0 Å². The van der Waals surface area contributed by atoms with E-state index in [2.05, 4.69) is 69.6 Å². The Bertz CT molecular complexity index is 1060. The predicted octanol–water partition coefficient (Wildman–Crippen LogP) is 7.19. The summed E-state index contributed by atoms with van der Waals surface area (Å²) in [6.45, 7) is 16.7. The minimum absolute atomic E-state index is 0.501. The van der Waals surface area contributed by atoms with E-state index in [9.17, 15) is 0 Å². The lowest BCUT2D eigenvalue weighted by atomic mass is 9.92. The normalized spacial score (nSPS) is 23.2. The van der Waals surface area contributed by atoms with Crippen LogP contribution in [-0.2, 0) is 0 Å². The highest BCUT2D eigenvalue weighted by molar-refractivity contribution is 6.10. The molecule has 1 aliphatic rings. The third kappa shape index (κ3) is 8.18. The van der Waals surface area contributed by atoms with E-state index in [1.807, 2.05) is 26.1 Å². The lowest BCUT2D eigenvalue weighted by molar-refractivity contribution is 0.957. The van der Waals surface area contributed by atoms with Crippen LogP contribution in [0.4, 0.5) is 0 Å². The summed E-state index contributed by atoms with van der Waals surface area (Å²) in [6.07, 6.45) is 21.2. The zero-order valence-corrected chi connectivity index (χ0v) is 22.1. The monoisotopic (exact) mass is 458 g/mol. The molecule has 0 atom stereocenters. The Balaban J connectivity index is 3.59. The van der Waals surface area contributed by atoms with Crippen molar-refractivity contribution in [2.24, 2.45) is 21.5 Å². The van der Waals surface area contributed by atoms with E-state index in [4.69, 9.17) is 16.5 Å². The molecule has 0 aromatic rings. The van der Waals surface area contributed by atoms with Gasteiger partial charge in [0.2, 0.25) is 0 Å². The number of hydrogen-bond acceptors (Lipinski definition) is 4. The molecule has 0 radical (unpaired) electrons. The molecule has 1 rings (SSSR count). The van der Waals surface area contributed by atoms with E-state index in [1.54, 1.807) is 19.5 Å². The van der Waals surface area contributed by atoms with Crippen molar-refractivity contribution in [3.8, 4) is 0 Å². The molecule has 182 valence electrons. The minimum Gasteiger partial charge on any atom is -0.404 e. The van der Waals surface area contributed by atoms with Gasteiger partial charge in [0.15, 0.2) is 0 Å². The quantitative estimate of drug-likeness (QED) is 0.268. The molecule has 4 nitrogen and oxygen atoms in total. The smallest absolute Gasteiger partial charge is 0.0454 e. The Labute approximate surface area is 207 Å². The average molecular weight is 459 g/mol. The summed E-state index contributed by atoms with van der Waals surface area (Å²) < 4.78 is 0. The van der Waals surface area contributed by atoms with E-state index in [0.717, 1.165) is 58.4 Å². The van der Waals surface area contributed by atoms with E-state index < -0.39 is 0 Å². The number of allylic oxidation sites excluding steroid dienone is 13. The summed E-state index contributed by atoms with van der Waals surface area (Å²) in [7, 11) is 1.73. The molecule has 0 aliphatic carbocycles. The first kappa shape index (κ1) is 28.6. The van der Waals surface area contributed by atoms with Crippen molar-refractivity contribution in [2.45, 2.75) is 60.8 Å². The highest BCUT2D eigenvalue weighted by Crippen LogP contribution is 2.27. The Kier molecular flexibility index (Phi) is 12.4. The Hall–Kier alpha value is -3.40. The molecule has 1 heterocycles. The fourth-order valence-electron chi connectivity index (χ4n) is 3.62. The summed E-state index contributed by atoms with van der Waals surface area (Å²) in [5.74, 6) is 0. The molecule has 4 heteroatoms. The third-order valence-electron chi connectivity index (χ3n) is 5.63. The van der Waals surface area contributed by atoms with Crippen molar-refractivity contribution in [2.75, 3.05) is 7.05 Å². The van der Waals surface area contributed by atoms with Crippen molar-refractivity contribution >= 4 is 11.9 Å². The number of nitrogens with two attached hydrogens (primary N) is 2. The fraction of sp³-hybridized carbons (Fsp3) is 0.333. The molecule has 4 N–H and O–H groups in total. The van der Waals surface area contributed by atoms with Crippen LogP contribution >= 0.6 is 0 Å². The zero-order valence-electron chi connectivity index (χ0n) is 22.1. The molecule has 0 fully saturated rings. The van der Waals surface area contributed by atoms with Gasteiger partial charge >= 0.3 is 0 Å². The van der Waals surface area contributed by atoms with Crippen LogP contribution in [0.2, 0.25) is 0 Å². The SMILES string of the molecule is C=C(N)C(=C\C(=C\CC)C(\C)=C(C)\C=C/CCC)/C1=C/N=C(/C)C(/C(C=NC)=C/N)=C(C)\C=C\1. The Morgan fingerprint density at radius 3 is 2.44 bits per heavy atom. The lowest BCUT2D eigenvalue weighted by Gasteiger charge is -2.15. The van der Waals surface area contributed by atoms with Crippen molar-refractivity contribution in [3.05, 3.63) is 106 Å². The summed E-state index contributed by atoms with van der Waals surface area (Å²) in [4.78, 5) is 8.86. The van der Waals surface area contributed by atoms with Crippen LogP contribution in [0.15, 0.2) is 116 Å². The molecule has 0 spiro atoms. The van der Waals surface area contributed by atoms with E-state index in [1.165, 1.54) is 11.1 Å². The number of hydrogen-bond donors (Lipinski definition) is 2. The van der Waals surface area contributed by atoms with E-state index in [-0.39, 0.29) is 0 Å². The minimum atomic E-state index is 0.501. The van der Waals surface area contributed by atoms with Gasteiger partial charge in [0.1, 0.15) is 0 Å². The van der Waals surface area contributed by atoms with Crippen LogP contribution in [0.3, 0.4) is 0 Å². The van der Waals surface area contributed by atoms with Crippen LogP contribution in [0.5, 0.6) is 0 Å². The van der Waals surface area contributed by atoms with Gasteiger partial charge in [0.25, 0.3) is 0 Å². The maximum Gasteiger partial charge on any atom is 0.0454 e. The molecule has 0 saturated carbocycles. The predicted molar refractivity (Wildman–Crippen MR) is 152 cm³/mol. The molecule has 0 unspecified atom stereocenters. The molecule has 1 aliphatic heterocycles. The van der Waals surface area contributed by atoms with Gasteiger partial charge < -0.3 is 11.5 Å². The second-order valence-corrected chi connectivity index (χ2v) is 8.35. The molecule has 0 saturated heterocycles. The van der Waals surface area contributed by atoms with Gasteiger partial charge in [0.05, 0.1) is 0 Å². The van der Waals surface area contributed by atoms with Crippen LogP contribution < -0.4 is 11.5 Å². The van der Waals surface area contributed by atoms with Crippen molar-refractivity contribution in [3.63, 3.8) is 0 Å². The first-order chi connectivity index (χ1) is 16.2. The molecule has 0 amide bonds. The lowest BCUT2D eigenvalue weighted by Crippen LogP contribution is -2.08. The van der Waals surface area contributed by atoms with Crippen LogP contribution in [0, 0.1) is 0 Å². The fourth-order valence-corrected chi connectivity index (χ4v) is 3.62. The third-order valence-corrected chi connectivity index (χ3v) is 5.63. The highest BCUT2D eigenvalue weighted by atomic mass is 14.7. The van der Waals surface area contributed by atoms with Crippen molar-refractivity contribution < 1.29 is 0 Å². The van der Waals surface area contributed by atoms with Gasteiger partial charge in [-0.2, -0.15) is 0 Å². The second kappa shape index (κ2) is 14.7. The van der Waals surface area contributed by atoms with Crippen molar-refractivity contribution in [1.29, 1.82) is 0 Å². The summed E-state index contributed by atoms with van der Waals surface area (Å²) in [5.41, 5.74) is 21.7. The number of aliphatic imine (C=N–C) groups is 2. The highest BCUT2D eigenvalue weighted by Gasteiger charge is 2.13. The first-order valence-corrected chi connectivity index (χ1v) is 11.9. The molecule has 0 aromatic heterocycles. The average Bonchev–Trinajstić information content (AvgIpc) is 2.80. The maximum absolute atomic E-state index is 6.28. The Morgan fingerprint density at radius 2 is 1.88 bits per heavy atom. The van der Waals surface area contributed by atoms with Gasteiger partial charge in [0, 0.05) is 59.4 Å². The van der Waals surface area contributed by atoms with Gasteiger partial charge in [-0.05, 0) is 68.9 Å². The molecule has 34 heavy (non-hydrogen) atoms. The standard InChI is InChI=1S/C30H42N4/c1-9-11-12-14-21(3)23(5)26(13-10-2)17-29(24(6)32)27-16-15-22(4)30(25(7)34-20-27)28(18-31)19-33-8/h12-20H,6,9-11,31-32H2,1-5,7-8H3/b14-12-,16-15+,22-15?,23-21+,26-13-,27-16?,27-20+,28-18+,29-17+,30-22+,30-25?,33-19?,34-20?,34-25-. The summed E-state index contributed by atoms with van der Waals surface area (Å²) >= 11 is 0. The molecular formula is C30H42N4. The van der Waals surface area contributed by atoms with E-state index >= 15 is 0 Å². The largest absolute Gasteiger partial charge is 0.404 e. The van der Waals surface area contributed by atoms with Gasteiger partial charge in [-0.1, -0.05) is 57.2 Å². The van der Waals surface area contributed by atoms with Crippen LogP contribution in [-0.4, -0.2) is 19.0 Å². The summed E-state index contributed by atoms with van der Waals surface area (Å²) in [5, 5.41) is 0. The Morgan fingerprint density at radius 1 is 1.18 bits per heavy atom. The second-order valence-electron chi connectivity index (χ2n) is 8.35. The summed E-state index contributed by atoms with van der Waals surface area (Å²) in [6, 6.07) is 0. The topological polar surface area (TPSA) is 76.8 Å². The molecular weight excluding hydrogens is 416 g/mol. The number of rotatable bonds is 10. The van der Waals surface area contributed by atoms with Gasteiger partial charge in [-0.25, -0.2) is 0 Å². The zero-order chi connectivity index (χ0) is 25.7. The maximum atomic E-state index is 6.28. The van der Waals surface area contributed by atoms with Gasteiger partial charge in [-0.3, -0.25) is 9.98 Å². The van der Waals surface area contributed by atoms with E-state index in [0.29, 0.717) is 5.70 Å². The van der Waals surface area contributed by atoms with Crippen LogP contribution in [0.25, 0.3) is 0 Å². The molecule has 0 bridgehead atoms. The first-order valence-electron chi connectivity index (χ1n) is 11.9. The molecule has 0 aromatic carbocycles. The number of nitrogens with zero attached hydrogens (tertiary/aromatic N) is 2. The van der Waals surface area contributed by atoms with Crippen LogP contribution in [0.1, 0.15) is 60.8 Å².